The highest BCUT2D eigenvalue weighted by molar-refractivity contribution is 7.44. The summed E-state index contributed by atoms with van der Waals surface area (Å²) in [4.78, 5) is 20.3. The molecule has 0 aromatic rings. The third kappa shape index (κ3) is 31.5. The maximum absolute atomic E-state index is 10.1. The van der Waals surface area contributed by atoms with Gasteiger partial charge in [0.2, 0.25) is 0 Å². The van der Waals surface area contributed by atoms with E-state index in [0.717, 1.165) is 0 Å². The van der Waals surface area contributed by atoms with Crippen molar-refractivity contribution in [3.05, 3.63) is 0 Å². The number of likely N-dealkylation sites (N-methyl/N-ethyl adjacent to an activating group) is 1. The second kappa shape index (κ2) is 7.33. The Balaban J connectivity index is 0. The lowest BCUT2D eigenvalue weighted by Gasteiger charge is -2.25. The van der Waals surface area contributed by atoms with Gasteiger partial charge in [0.15, 0.2) is 0 Å². The van der Waals surface area contributed by atoms with Gasteiger partial charge < -0.3 is 23.7 Å². The van der Waals surface area contributed by atoms with Crippen LogP contribution in [0.3, 0.4) is 0 Å². The lowest BCUT2D eigenvalue weighted by molar-refractivity contribution is -0.870. The monoisotopic (exact) mass is 242 g/mol. The molecule has 0 fully saturated rings. The molecule has 0 heterocycles. The van der Waals surface area contributed by atoms with E-state index in [4.69, 9.17) is 4.89 Å². The van der Waals surface area contributed by atoms with Crippen molar-refractivity contribution in [3.63, 3.8) is 0 Å². The summed E-state index contributed by atoms with van der Waals surface area (Å²) in [5, 5.41) is 0. The molecule has 1 atom stereocenters. The quantitative estimate of drug-likeness (QED) is 0.524. The Morgan fingerprint density at radius 2 is 1.67 bits per heavy atom. The first kappa shape index (κ1) is 17.4. The van der Waals surface area contributed by atoms with E-state index < -0.39 is 7.82 Å². The summed E-state index contributed by atoms with van der Waals surface area (Å²) < 4.78 is 14.8. The Hall–Kier alpha value is 0.0300. The third-order valence-electron chi connectivity index (χ3n) is 1.02. The number of phosphoric acid groups is 1. The van der Waals surface area contributed by atoms with Crippen molar-refractivity contribution in [1.82, 2.24) is 4.90 Å². The van der Waals surface area contributed by atoms with Crippen LogP contribution in [0.2, 0.25) is 0 Å². The van der Waals surface area contributed by atoms with E-state index in [1.807, 2.05) is 47.2 Å². The van der Waals surface area contributed by atoms with Gasteiger partial charge in [0.25, 0.3) is 7.82 Å². The molecule has 0 spiro atoms. The van der Waals surface area contributed by atoms with Gasteiger partial charge in [0.05, 0.1) is 21.1 Å². The fourth-order valence-electron chi connectivity index (χ4n) is 0.430. The SMILES string of the molecule is CN(C)C.C[N+](C)(C)CCOP(=O)([O-])O. The molecule has 6 nitrogen and oxygen atoms in total. The summed E-state index contributed by atoms with van der Waals surface area (Å²) in [6, 6.07) is 0. The van der Waals surface area contributed by atoms with Crippen LogP contribution in [0.5, 0.6) is 0 Å². The van der Waals surface area contributed by atoms with Gasteiger partial charge in [-0.1, -0.05) is 0 Å². The Labute approximate surface area is 92.3 Å². The first-order chi connectivity index (χ1) is 6.44. The third-order valence-corrected chi connectivity index (χ3v) is 1.53. The maximum atomic E-state index is 10.1. The zero-order chi connectivity index (χ0) is 12.7. The van der Waals surface area contributed by atoms with Crippen molar-refractivity contribution in [3.8, 4) is 0 Å². The average molecular weight is 242 g/mol. The molecular weight excluding hydrogens is 219 g/mol. The normalized spacial score (nSPS) is 15.5. The molecular formula is C8H23N2O4P. The van der Waals surface area contributed by atoms with Crippen LogP contribution in [-0.2, 0) is 9.09 Å². The molecule has 0 amide bonds. The summed E-state index contributed by atoms with van der Waals surface area (Å²) in [6.07, 6.45) is 0. The van der Waals surface area contributed by atoms with Crippen LogP contribution in [0, 0.1) is 0 Å². The van der Waals surface area contributed by atoms with E-state index in [9.17, 15) is 9.46 Å². The summed E-state index contributed by atoms with van der Waals surface area (Å²) in [6.45, 7) is 0.549. The van der Waals surface area contributed by atoms with Gasteiger partial charge in [-0.05, 0) is 21.1 Å². The van der Waals surface area contributed by atoms with Gasteiger partial charge in [-0.15, -0.1) is 0 Å². The lowest BCUT2D eigenvalue weighted by Crippen LogP contribution is -2.37. The van der Waals surface area contributed by atoms with Crippen molar-refractivity contribution >= 4 is 7.82 Å². The van der Waals surface area contributed by atoms with Crippen LogP contribution in [0.1, 0.15) is 0 Å². The first-order valence-electron chi connectivity index (χ1n) is 4.54. The molecule has 0 rings (SSSR count). The number of rotatable bonds is 4. The molecule has 7 heteroatoms. The number of quaternary nitrogens is 1. The van der Waals surface area contributed by atoms with E-state index in [1.165, 1.54) is 0 Å². The largest absolute Gasteiger partial charge is 0.756 e. The number of nitrogens with zero attached hydrogens (tertiary/aromatic N) is 2. The predicted molar refractivity (Wildman–Crippen MR) is 58.3 cm³/mol. The molecule has 0 aromatic carbocycles. The minimum atomic E-state index is -4.51. The van der Waals surface area contributed by atoms with E-state index >= 15 is 0 Å². The standard InChI is InChI=1S/C5H14NO4P.C3H9N/c1-6(2,3)4-5-10-11(7,8)9;1-4(2)3/h4-5H2,1-3H3,(H-,7,8,9);1-3H3. The number of phosphoric ester groups is 1. The molecule has 0 radical (unpaired) electrons. The topological polar surface area (TPSA) is 72.8 Å². The van der Waals surface area contributed by atoms with Crippen LogP contribution in [0.15, 0.2) is 0 Å². The molecule has 1 N–H and O–H groups in total. The van der Waals surface area contributed by atoms with Crippen molar-refractivity contribution in [2.45, 2.75) is 0 Å². The van der Waals surface area contributed by atoms with E-state index in [-0.39, 0.29) is 6.61 Å². The minimum Gasteiger partial charge on any atom is -0.756 e. The minimum absolute atomic E-state index is 0.0147. The summed E-state index contributed by atoms with van der Waals surface area (Å²) in [7, 11) is 7.19. The van der Waals surface area contributed by atoms with E-state index in [2.05, 4.69) is 4.52 Å². The van der Waals surface area contributed by atoms with Crippen LogP contribution in [-0.4, -0.2) is 69.7 Å². The van der Waals surface area contributed by atoms with Gasteiger partial charge >= 0.3 is 0 Å². The van der Waals surface area contributed by atoms with Crippen molar-refractivity contribution in [2.24, 2.45) is 0 Å². The summed E-state index contributed by atoms with van der Waals surface area (Å²) in [5.74, 6) is 0. The first-order valence-corrected chi connectivity index (χ1v) is 6.03. The summed E-state index contributed by atoms with van der Waals surface area (Å²) >= 11 is 0. The van der Waals surface area contributed by atoms with Crippen molar-refractivity contribution in [1.29, 1.82) is 0 Å². The number of hydrogen-bond donors (Lipinski definition) is 1. The molecule has 0 aromatic heterocycles. The maximum Gasteiger partial charge on any atom is 0.265 e. The fourth-order valence-corrected chi connectivity index (χ4v) is 0.742. The molecule has 0 aliphatic rings. The molecule has 94 valence electrons. The Bertz CT molecular complexity index is 195. The number of hydrogen-bond acceptors (Lipinski definition) is 4. The molecule has 1 unspecified atom stereocenters. The summed E-state index contributed by atoms with van der Waals surface area (Å²) in [5.41, 5.74) is 0. The smallest absolute Gasteiger partial charge is 0.265 e. The molecule has 15 heavy (non-hydrogen) atoms. The Morgan fingerprint density at radius 3 is 1.87 bits per heavy atom. The zero-order valence-electron chi connectivity index (χ0n) is 10.4. The predicted octanol–water partition coefficient (Wildman–Crippen LogP) is -0.652. The highest BCUT2D eigenvalue weighted by Gasteiger charge is 2.08. The molecule has 0 bridgehead atoms. The van der Waals surface area contributed by atoms with Gasteiger partial charge in [0.1, 0.15) is 13.2 Å². The van der Waals surface area contributed by atoms with E-state index in [0.29, 0.717) is 11.0 Å². The van der Waals surface area contributed by atoms with Crippen LogP contribution < -0.4 is 4.89 Å². The zero-order valence-corrected chi connectivity index (χ0v) is 11.3. The average Bonchev–Trinajstić information content (AvgIpc) is 1.77. The lowest BCUT2D eigenvalue weighted by atomic mass is 10.5. The van der Waals surface area contributed by atoms with Crippen LogP contribution in [0.25, 0.3) is 0 Å². The van der Waals surface area contributed by atoms with E-state index in [1.54, 1.807) is 0 Å². The highest BCUT2D eigenvalue weighted by atomic mass is 31.2. The second-order valence-electron chi connectivity index (χ2n) is 4.66. The van der Waals surface area contributed by atoms with Crippen LogP contribution >= 0.6 is 7.82 Å². The molecule has 0 saturated heterocycles. The van der Waals surface area contributed by atoms with Gasteiger partial charge in [-0.2, -0.15) is 0 Å². The van der Waals surface area contributed by atoms with Crippen molar-refractivity contribution < 1.29 is 23.4 Å². The Morgan fingerprint density at radius 1 is 1.33 bits per heavy atom. The highest BCUT2D eigenvalue weighted by Crippen LogP contribution is 2.29. The van der Waals surface area contributed by atoms with Crippen molar-refractivity contribution in [2.75, 3.05) is 55.4 Å². The van der Waals surface area contributed by atoms with Gasteiger partial charge in [0, 0.05) is 0 Å². The fraction of sp³-hybridized carbons (Fsp3) is 1.00. The molecule has 0 aliphatic carbocycles. The molecule has 0 aliphatic heterocycles. The van der Waals surface area contributed by atoms with Gasteiger partial charge in [-0.3, -0.25) is 4.57 Å². The second-order valence-corrected chi connectivity index (χ2v) is 5.85. The molecule has 0 saturated carbocycles. The van der Waals surface area contributed by atoms with Gasteiger partial charge in [-0.25, -0.2) is 0 Å². The Kier molecular flexibility index (Phi) is 8.51. The van der Waals surface area contributed by atoms with Crippen LogP contribution in [0.4, 0.5) is 0 Å².